The molecular formula is C18H26O3. The molecule has 0 fully saturated rings. The van der Waals surface area contributed by atoms with Gasteiger partial charge in [0.15, 0.2) is 6.61 Å². The molecule has 0 heterocycles. The largest absolute Gasteiger partial charge is 0.482 e. The molecule has 3 nitrogen and oxygen atoms in total. The normalized spacial score (nSPS) is 18.0. The van der Waals surface area contributed by atoms with Gasteiger partial charge in [0.2, 0.25) is 0 Å². The van der Waals surface area contributed by atoms with Gasteiger partial charge in [0.25, 0.3) is 0 Å². The lowest BCUT2D eigenvalue weighted by molar-refractivity contribution is -0.145. The molecule has 0 bridgehead atoms. The number of aryl methyl sites for hydroxylation is 1. The fraction of sp³-hybridized carbons (Fsp3) is 0.611. The van der Waals surface area contributed by atoms with E-state index in [0.29, 0.717) is 17.9 Å². The molecule has 0 N–H and O–H groups in total. The number of ether oxygens (including phenoxy) is 2. The Morgan fingerprint density at radius 2 is 2.05 bits per heavy atom. The van der Waals surface area contributed by atoms with Gasteiger partial charge in [-0.25, -0.2) is 4.79 Å². The van der Waals surface area contributed by atoms with Crippen molar-refractivity contribution in [2.45, 2.75) is 47.0 Å². The first-order valence-corrected chi connectivity index (χ1v) is 7.80. The second-order valence-corrected chi connectivity index (χ2v) is 6.83. The van der Waals surface area contributed by atoms with Crippen molar-refractivity contribution in [3.05, 3.63) is 29.3 Å². The Hall–Kier alpha value is -1.51. The summed E-state index contributed by atoms with van der Waals surface area (Å²) in [6, 6.07) is 6.18. The van der Waals surface area contributed by atoms with Crippen LogP contribution in [0.1, 0.15) is 45.2 Å². The first kappa shape index (κ1) is 15.9. The number of hydrogen-bond donors (Lipinski definition) is 0. The van der Waals surface area contributed by atoms with Crippen LogP contribution in [0.2, 0.25) is 0 Å². The smallest absolute Gasteiger partial charge is 0.344 e. The van der Waals surface area contributed by atoms with Gasteiger partial charge >= 0.3 is 5.97 Å². The van der Waals surface area contributed by atoms with Crippen LogP contribution in [0.5, 0.6) is 5.75 Å². The van der Waals surface area contributed by atoms with Crippen LogP contribution in [0.15, 0.2) is 18.2 Å². The first-order valence-electron chi connectivity index (χ1n) is 7.80. The summed E-state index contributed by atoms with van der Waals surface area (Å²) >= 11 is 0. The standard InChI is InChI=1S/C18H26O3/c1-5-20-17(19)12-21-16-9-7-13-6-8-15(18(2,3)4)10-14(13)11-16/h7,9,11,15H,5-6,8,10,12H2,1-4H3. The molecule has 2 rings (SSSR count). The van der Waals surface area contributed by atoms with Gasteiger partial charge in [-0.15, -0.1) is 0 Å². The van der Waals surface area contributed by atoms with Crippen molar-refractivity contribution in [3.8, 4) is 5.75 Å². The summed E-state index contributed by atoms with van der Waals surface area (Å²) in [6.45, 7) is 9.09. The van der Waals surface area contributed by atoms with Crippen molar-refractivity contribution in [1.82, 2.24) is 0 Å². The van der Waals surface area contributed by atoms with Crippen molar-refractivity contribution in [3.63, 3.8) is 0 Å². The van der Waals surface area contributed by atoms with Crippen molar-refractivity contribution in [2.75, 3.05) is 13.2 Å². The van der Waals surface area contributed by atoms with Crippen LogP contribution in [-0.2, 0) is 22.4 Å². The van der Waals surface area contributed by atoms with E-state index in [1.165, 1.54) is 17.5 Å². The molecule has 0 radical (unpaired) electrons. The Bertz CT molecular complexity index is 500. The summed E-state index contributed by atoms with van der Waals surface area (Å²) in [4.78, 5) is 11.3. The zero-order valence-corrected chi connectivity index (χ0v) is 13.6. The molecule has 0 aliphatic heterocycles. The van der Waals surface area contributed by atoms with Gasteiger partial charge in [0, 0.05) is 0 Å². The zero-order valence-electron chi connectivity index (χ0n) is 13.6. The molecule has 0 aromatic heterocycles. The van der Waals surface area contributed by atoms with E-state index in [0.717, 1.165) is 18.6 Å². The van der Waals surface area contributed by atoms with Crippen LogP contribution in [0, 0.1) is 11.3 Å². The maximum absolute atomic E-state index is 11.3. The third-order valence-electron chi connectivity index (χ3n) is 4.29. The molecule has 116 valence electrons. The van der Waals surface area contributed by atoms with Gasteiger partial charge in [-0.1, -0.05) is 26.8 Å². The highest BCUT2D eigenvalue weighted by molar-refractivity contribution is 5.71. The summed E-state index contributed by atoms with van der Waals surface area (Å²) in [5.41, 5.74) is 3.11. The molecule has 0 spiro atoms. The Morgan fingerprint density at radius 1 is 1.29 bits per heavy atom. The first-order chi connectivity index (χ1) is 9.90. The van der Waals surface area contributed by atoms with E-state index in [9.17, 15) is 4.79 Å². The van der Waals surface area contributed by atoms with Crippen LogP contribution in [0.25, 0.3) is 0 Å². The lowest BCUT2D eigenvalue weighted by Crippen LogP contribution is -2.26. The van der Waals surface area contributed by atoms with Gasteiger partial charge < -0.3 is 9.47 Å². The predicted octanol–water partition coefficient (Wildman–Crippen LogP) is 3.78. The van der Waals surface area contributed by atoms with E-state index in [4.69, 9.17) is 9.47 Å². The molecule has 3 heteroatoms. The van der Waals surface area contributed by atoms with Crippen LogP contribution in [-0.4, -0.2) is 19.2 Å². The summed E-state index contributed by atoms with van der Waals surface area (Å²) in [7, 11) is 0. The van der Waals surface area contributed by atoms with Crippen molar-refractivity contribution >= 4 is 5.97 Å². The third-order valence-corrected chi connectivity index (χ3v) is 4.29. The van der Waals surface area contributed by atoms with Crippen molar-refractivity contribution in [2.24, 2.45) is 11.3 Å². The molecule has 1 atom stereocenters. The monoisotopic (exact) mass is 290 g/mol. The van der Waals surface area contributed by atoms with Crippen LogP contribution < -0.4 is 4.74 Å². The van der Waals surface area contributed by atoms with E-state index in [-0.39, 0.29) is 12.6 Å². The van der Waals surface area contributed by atoms with Gasteiger partial charge in [0.1, 0.15) is 5.75 Å². The van der Waals surface area contributed by atoms with Crippen LogP contribution >= 0.6 is 0 Å². The van der Waals surface area contributed by atoms with E-state index < -0.39 is 0 Å². The maximum atomic E-state index is 11.3. The minimum absolute atomic E-state index is 0.0185. The Balaban J connectivity index is 2.03. The Labute approximate surface area is 127 Å². The van der Waals surface area contributed by atoms with Crippen molar-refractivity contribution in [1.29, 1.82) is 0 Å². The number of rotatable bonds is 4. The lowest BCUT2D eigenvalue weighted by Gasteiger charge is -2.35. The molecule has 1 aromatic rings. The number of carbonyl (C=O) groups is 1. The summed E-state index contributed by atoms with van der Waals surface area (Å²) in [6.07, 6.45) is 3.48. The minimum atomic E-state index is -0.317. The van der Waals surface area contributed by atoms with Crippen LogP contribution in [0.3, 0.4) is 0 Å². The molecular weight excluding hydrogens is 264 g/mol. The molecule has 1 aromatic carbocycles. The highest BCUT2D eigenvalue weighted by Crippen LogP contribution is 2.38. The SMILES string of the molecule is CCOC(=O)COc1ccc2c(c1)CC(C(C)(C)C)CC2. The number of fused-ring (bicyclic) bond motifs is 1. The summed E-state index contributed by atoms with van der Waals surface area (Å²) in [5, 5.41) is 0. The predicted molar refractivity (Wildman–Crippen MR) is 83.5 cm³/mol. The quantitative estimate of drug-likeness (QED) is 0.792. The lowest BCUT2D eigenvalue weighted by atomic mass is 9.70. The van der Waals surface area contributed by atoms with Gasteiger partial charge in [-0.2, -0.15) is 0 Å². The number of benzene rings is 1. The Kier molecular flexibility index (Phi) is 4.92. The summed E-state index contributed by atoms with van der Waals surface area (Å²) in [5.74, 6) is 1.14. The van der Waals surface area contributed by atoms with E-state index >= 15 is 0 Å². The van der Waals surface area contributed by atoms with Crippen molar-refractivity contribution < 1.29 is 14.3 Å². The topological polar surface area (TPSA) is 35.5 Å². The minimum Gasteiger partial charge on any atom is -0.482 e. The molecule has 1 unspecified atom stereocenters. The van der Waals surface area contributed by atoms with E-state index in [1.807, 2.05) is 6.07 Å². The fourth-order valence-electron chi connectivity index (χ4n) is 2.91. The van der Waals surface area contributed by atoms with E-state index in [1.54, 1.807) is 6.92 Å². The second-order valence-electron chi connectivity index (χ2n) is 6.83. The number of hydrogen-bond acceptors (Lipinski definition) is 3. The fourth-order valence-corrected chi connectivity index (χ4v) is 2.91. The molecule has 1 aliphatic carbocycles. The molecule has 0 saturated heterocycles. The van der Waals surface area contributed by atoms with Gasteiger partial charge in [-0.05, 0) is 60.8 Å². The highest BCUT2D eigenvalue weighted by Gasteiger charge is 2.28. The van der Waals surface area contributed by atoms with Gasteiger partial charge in [-0.3, -0.25) is 0 Å². The average molecular weight is 290 g/mol. The third kappa shape index (κ3) is 4.23. The van der Waals surface area contributed by atoms with Crippen LogP contribution in [0.4, 0.5) is 0 Å². The Morgan fingerprint density at radius 3 is 2.71 bits per heavy atom. The van der Waals surface area contributed by atoms with E-state index in [2.05, 4.69) is 32.9 Å². The molecule has 0 saturated carbocycles. The maximum Gasteiger partial charge on any atom is 0.344 e. The average Bonchev–Trinajstić information content (AvgIpc) is 2.43. The molecule has 1 aliphatic rings. The zero-order chi connectivity index (χ0) is 15.5. The molecule has 0 amide bonds. The summed E-state index contributed by atoms with van der Waals surface area (Å²) < 4.78 is 10.4. The highest BCUT2D eigenvalue weighted by atomic mass is 16.6. The molecule has 21 heavy (non-hydrogen) atoms. The second kappa shape index (κ2) is 6.50. The van der Waals surface area contributed by atoms with Gasteiger partial charge in [0.05, 0.1) is 6.61 Å². The number of carbonyl (C=O) groups excluding carboxylic acids is 1. The number of esters is 1.